The molecule has 1 amide bonds. The maximum absolute atomic E-state index is 11.9. The van der Waals surface area contributed by atoms with E-state index in [4.69, 9.17) is 15.2 Å². The summed E-state index contributed by atoms with van der Waals surface area (Å²) in [6.07, 6.45) is 1.59. The number of amides is 1. The van der Waals surface area contributed by atoms with Gasteiger partial charge in [-0.2, -0.15) is 0 Å². The zero-order valence-electron chi connectivity index (χ0n) is 14.3. The maximum Gasteiger partial charge on any atom is 0.237 e. The van der Waals surface area contributed by atoms with Crippen LogP contribution in [0.5, 0.6) is 5.75 Å². The normalized spacial score (nSPS) is 11.5. The van der Waals surface area contributed by atoms with Gasteiger partial charge in [-0.1, -0.05) is 25.5 Å². The lowest BCUT2D eigenvalue weighted by Crippen LogP contribution is -2.40. The highest BCUT2D eigenvalue weighted by molar-refractivity contribution is 5.85. The highest BCUT2D eigenvalue weighted by Gasteiger charge is 2.13. The molecule has 3 N–H and O–H groups in total. The lowest BCUT2D eigenvalue weighted by molar-refractivity contribution is -0.122. The fourth-order valence-corrected chi connectivity index (χ4v) is 2.05. The van der Waals surface area contributed by atoms with Crippen LogP contribution in [-0.2, 0) is 16.1 Å². The fourth-order valence-electron chi connectivity index (χ4n) is 2.05. The first-order valence-corrected chi connectivity index (χ1v) is 7.91. The van der Waals surface area contributed by atoms with Crippen LogP contribution in [0.1, 0.15) is 37.8 Å². The predicted octanol–water partition coefficient (Wildman–Crippen LogP) is 2.58. The number of nitrogens with one attached hydrogen (secondary N) is 1. The first kappa shape index (κ1) is 21.7. The molecule has 0 spiro atoms. The highest BCUT2D eigenvalue weighted by atomic mass is 35.5. The minimum Gasteiger partial charge on any atom is -0.491 e. The molecule has 132 valence electrons. The second-order valence-corrected chi connectivity index (χ2v) is 5.27. The molecule has 1 unspecified atom stereocenters. The number of halogens is 1. The minimum absolute atomic E-state index is 0. The van der Waals surface area contributed by atoms with Crippen LogP contribution in [0.3, 0.4) is 0 Å². The SMILES string of the molecule is CCCC(N)C(=O)NCc1ccc(C)cc1OCCOCC.Cl. The summed E-state index contributed by atoms with van der Waals surface area (Å²) in [5, 5.41) is 2.87. The average molecular weight is 345 g/mol. The van der Waals surface area contributed by atoms with E-state index in [0.29, 0.717) is 32.8 Å². The lowest BCUT2D eigenvalue weighted by atomic mass is 10.1. The number of benzene rings is 1. The second-order valence-electron chi connectivity index (χ2n) is 5.27. The van der Waals surface area contributed by atoms with Gasteiger partial charge < -0.3 is 20.5 Å². The van der Waals surface area contributed by atoms with Crippen LogP contribution in [0.2, 0.25) is 0 Å². The van der Waals surface area contributed by atoms with E-state index in [-0.39, 0.29) is 18.3 Å². The van der Waals surface area contributed by atoms with Gasteiger partial charge in [-0.05, 0) is 31.9 Å². The number of carbonyl (C=O) groups is 1. The lowest BCUT2D eigenvalue weighted by Gasteiger charge is -2.15. The van der Waals surface area contributed by atoms with E-state index in [1.54, 1.807) is 0 Å². The summed E-state index contributed by atoms with van der Waals surface area (Å²) in [6.45, 7) is 8.11. The van der Waals surface area contributed by atoms with Gasteiger partial charge in [0.05, 0.1) is 12.6 Å². The Morgan fingerprint density at radius 2 is 2.04 bits per heavy atom. The van der Waals surface area contributed by atoms with Crippen molar-refractivity contribution in [3.8, 4) is 5.75 Å². The summed E-state index contributed by atoms with van der Waals surface area (Å²) < 4.78 is 11.0. The van der Waals surface area contributed by atoms with Gasteiger partial charge in [-0.15, -0.1) is 12.4 Å². The Balaban J connectivity index is 0.00000484. The molecule has 1 rings (SSSR count). The van der Waals surface area contributed by atoms with Crippen molar-refractivity contribution in [2.75, 3.05) is 19.8 Å². The molecule has 1 aromatic rings. The highest BCUT2D eigenvalue weighted by Crippen LogP contribution is 2.20. The molecule has 0 saturated heterocycles. The summed E-state index contributed by atoms with van der Waals surface area (Å²) in [6, 6.07) is 5.50. The van der Waals surface area contributed by atoms with E-state index in [1.807, 2.05) is 39.0 Å². The smallest absolute Gasteiger partial charge is 0.237 e. The summed E-state index contributed by atoms with van der Waals surface area (Å²) in [4.78, 5) is 11.9. The van der Waals surface area contributed by atoms with Crippen molar-refractivity contribution in [3.63, 3.8) is 0 Å². The topological polar surface area (TPSA) is 73.6 Å². The molecular formula is C17H29ClN2O3. The number of aryl methyl sites for hydroxylation is 1. The number of rotatable bonds is 10. The van der Waals surface area contributed by atoms with Gasteiger partial charge in [0.2, 0.25) is 5.91 Å². The molecule has 6 heteroatoms. The Kier molecular flexibility index (Phi) is 11.5. The second kappa shape index (κ2) is 12.2. The van der Waals surface area contributed by atoms with E-state index in [9.17, 15) is 4.79 Å². The zero-order chi connectivity index (χ0) is 16.4. The fraction of sp³-hybridized carbons (Fsp3) is 0.588. The minimum atomic E-state index is -0.447. The molecule has 5 nitrogen and oxygen atoms in total. The van der Waals surface area contributed by atoms with Gasteiger partial charge >= 0.3 is 0 Å². The number of nitrogens with two attached hydrogens (primary N) is 1. The van der Waals surface area contributed by atoms with Crippen molar-refractivity contribution in [1.29, 1.82) is 0 Å². The molecule has 1 aromatic carbocycles. The van der Waals surface area contributed by atoms with Crippen LogP contribution in [0.25, 0.3) is 0 Å². The van der Waals surface area contributed by atoms with Gasteiger partial charge in [0.15, 0.2) is 0 Å². The van der Waals surface area contributed by atoms with Crippen LogP contribution < -0.4 is 15.8 Å². The number of hydrogen-bond donors (Lipinski definition) is 2. The maximum atomic E-state index is 11.9. The molecule has 0 bridgehead atoms. The first-order chi connectivity index (χ1) is 10.6. The summed E-state index contributed by atoms with van der Waals surface area (Å²) in [7, 11) is 0. The standard InChI is InChI=1S/C17H28N2O3.ClH/c1-4-6-15(18)17(20)19-12-14-8-7-13(3)11-16(14)22-10-9-21-5-2;/h7-8,11,15H,4-6,9-10,12,18H2,1-3H3,(H,19,20);1H. The van der Waals surface area contributed by atoms with Gasteiger partial charge in [0, 0.05) is 18.7 Å². The van der Waals surface area contributed by atoms with E-state index >= 15 is 0 Å². The number of hydrogen-bond acceptors (Lipinski definition) is 4. The van der Waals surface area contributed by atoms with Gasteiger partial charge in [0.25, 0.3) is 0 Å². The molecule has 0 radical (unpaired) electrons. The average Bonchev–Trinajstić information content (AvgIpc) is 2.50. The van der Waals surface area contributed by atoms with E-state index in [2.05, 4.69) is 5.32 Å². The van der Waals surface area contributed by atoms with Crippen molar-refractivity contribution in [2.45, 2.75) is 46.2 Å². The molecular weight excluding hydrogens is 316 g/mol. The van der Waals surface area contributed by atoms with Crippen LogP contribution >= 0.6 is 12.4 Å². The molecule has 0 aliphatic heterocycles. The molecule has 0 heterocycles. The largest absolute Gasteiger partial charge is 0.491 e. The van der Waals surface area contributed by atoms with Gasteiger partial charge in [-0.3, -0.25) is 4.79 Å². The van der Waals surface area contributed by atoms with Gasteiger partial charge in [0.1, 0.15) is 12.4 Å². The third kappa shape index (κ3) is 8.21. The van der Waals surface area contributed by atoms with Crippen LogP contribution in [-0.4, -0.2) is 31.8 Å². The Hall–Kier alpha value is -1.30. The summed E-state index contributed by atoms with van der Waals surface area (Å²) in [5.41, 5.74) is 7.87. The Morgan fingerprint density at radius 3 is 2.70 bits per heavy atom. The molecule has 0 aliphatic carbocycles. The number of ether oxygens (including phenoxy) is 2. The zero-order valence-corrected chi connectivity index (χ0v) is 15.1. The summed E-state index contributed by atoms with van der Waals surface area (Å²) >= 11 is 0. The molecule has 0 saturated carbocycles. The van der Waals surface area contributed by atoms with Crippen molar-refractivity contribution in [1.82, 2.24) is 5.32 Å². The van der Waals surface area contributed by atoms with Gasteiger partial charge in [-0.25, -0.2) is 0 Å². The monoisotopic (exact) mass is 344 g/mol. The molecule has 1 atom stereocenters. The van der Waals surface area contributed by atoms with Crippen LogP contribution in [0.4, 0.5) is 0 Å². The number of carbonyl (C=O) groups excluding carboxylic acids is 1. The predicted molar refractivity (Wildman–Crippen MR) is 95.1 cm³/mol. The third-order valence-corrected chi connectivity index (χ3v) is 3.30. The third-order valence-electron chi connectivity index (χ3n) is 3.30. The molecule has 0 aromatic heterocycles. The molecule has 23 heavy (non-hydrogen) atoms. The Morgan fingerprint density at radius 1 is 1.30 bits per heavy atom. The van der Waals surface area contributed by atoms with E-state index in [0.717, 1.165) is 23.3 Å². The van der Waals surface area contributed by atoms with Crippen molar-refractivity contribution in [2.24, 2.45) is 5.73 Å². The van der Waals surface area contributed by atoms with Crippen LogP contribution in [0, 0.1) is 6.92 Å². The summed E-state index contributed by atoms with van der Waals surface area (Å²) in [5.74, 6) is 0.659. The Labute approximate surface area is 145 Å². The first-order valence-electron chi connectivity index (χ1n) is 7.91. The van der Waals surface area contributed by atoms with E-state index < -0.39 is 6.04 Å². The van der Waals surface area contributed by atoms with E-state index in [1.165, 1.54) is 0 Å². The Bertz CT molecular complexity index is 469. The van der Waals surface area contributed by atoms with Crippen molar-refractivity contribution >= 4 is 18.3 Å². The molecule has 0 aliphatic rings. The molecule has 0 fully saturated rings. The van der Waals surface area contributed by atoms with Crippen molar-refractivity contribution in [3.05, 3.63) is 29.3 Å². The quantitative estimate of drug-likeness (QED) is 0.640. The van der Waals surface area contributed by atoms with Crippen molar-refractivity contribution < 1.29 is 14.3 Å². The van der Waals surface area contributed by atoms with Crippen LogP contribution in [0.15, 0.2) is 18.2 Å².